The third kappa shape index (κ3) is 3.77. The first-order valence-electron chi connectivity index (χ1n) is 6.49. The van der Waals surface area contributed by atoms with Crippen LogP contribution >= 0.6 is 35.6 Å². The molecule has 0 unspecified atom stereocenters. The lowest BCUT2D eigenvalue weighted by atomic mass is 10.1. The van der Waals surface area contributed by atoms with Crippen molar-refractivity contribution in [3.8, 4) is 11.3 Å². The molecule has 0 bridgehead atoms. The van der Waals surface area contributed by atoms with Gasteiger partial charge >= 0.3 is 0 Å². The van der Waals surface area contributed by atoms with E-state index in [0.717, 1.165) is 43.3 Å². The zero-order chi connectivity index (χ0) is 13.9. The van der Waals surface area contributed by atoms with Gasteiger partial charge in [-0.3, -0.25) is 0 Å². The molecular weight excluding hydrogens is 331 g/mol. The lowest BCUT2D eigenvalue weighted by Crippen LogP contribution is -2.43. The summed E-state index contributed by atoms with van der Waals surface area (Å²) in [5, 5.41) is 13.1. The Balaban J connectivity index is 0.00000161. The van der Waals surface area contributed by atoms with Gasteiger partial charge in [0.1, 0.15) is 0 Å². The molecule has 7 heteroatoms. The molecule has 1 aliphatic rings. The van der Waals surface area contributed by atoms with Crippen LogP contribution in [0.5, 0.6) is 0 Å². The molecule has 112 valence electrons. The smallest absolute Gasteiger partial charge is 0.151 e. The largest absolute Gasteiger partial charge is 0.353 e. The Morgan fingerprint density at radius 3 is 2.43 bits per heavy atom. The van der Waals surface area contributed by atoms with Crippen molar-refractivity contribution < 1.29 is 0 Å². The van der Waals surface area contributed by atoms with Crippen LogP contribution in [0, 0.1) is 0 Å². The van der Waals surface area contributed by atoms with E-state index in [1.165, 1.54) is 0 Å². The first-order chi connectivity index (χ1) is 9.74. The summed E-state index contributed by atoms with van der Waals surface area (Å²) in [6.07, 6.45) is 0. The third-order valence-electron chi connectivity index (χ3n) is 3.30. The Hall–Kier alpha value is -1.07. The number of aromatic nitrogens is 2. The SMILES string of the molecule is Cl.Clc1ccc(Cl)c(-c2ccc(N3CCNCC3)nn2)c1. The molecule has 1 saturated heterocycles. The van der Waals surface area contributed by atoms with Crippen LogP contribution in [0.4, 0.5) is 5.82 Å². The molecule has 1 aliphatic heterocycles. The number of rotatable bonds is 2. The van der Waals surface area contributed by atoms with Crippen molar-refractivity contribution in [2.24, 2.45) is 0 Å². The predicted octanol–water partition coefficient (Wildman–Crippen LogP) is 3.28. The Kier molecular flexibility index (Phi) is 5.65. The third-order valence-corrected chi connectivity index (χ3v) is 3.86. The average Bonchev–Trinajstić information content (AvgIpc) is 2.51. The second kappa shape index (κ2) is 7.27. The van der Waals surface area contributed by atoms with Crippen molar-refractivity contribution in [1.82, 2.24) is 15.5 Å². The van der Waals surface area contributed by atoms with Gasteiger partial charge in [0.15, 0.2) is 5.82 Å². The van der Waals surface area contributed by atoms with Crippen molar-refractivity contribution >= 4 is 41.4 Å². The predicted molar refractivity (Wildman–Crippen MR) is 89.8 cm³/mol. The molecule has 0 spiro atoms. The van der Waals surface area contributed by atoms with Crippen molar-refractivity contribution in [3.05, 3.63) is 40.4 Å². The molecule has 2 aromatic rings. The lowest BCUT2D eigenvalue weighted by molar-refractivity contribution is 0.583. The summed E-state index contributed by atoms with van der Waals surface area (Å²) in [6.45, 7) is 3.85. The van der Waals surface area contributed by atoms with Crippen LogP contribution in [0.3, 0.4) is 0 Å². The second-order valence-corrected chi connectivity index (χ2v) is 5.48. The van der Waals surface area contributed by atoms with Gasteiger partial charge in [-0.05, 0) is 30.3 Å². The number of nitrogens with zero attached hydrogens (tertiary/aromatic N) is 3. The maximum absolute atomic E-state index is 6.17. The van der Waals surface area contributed by atoms with E-state index in [4.69, 9.17) is 23.2 Å². The molecule has 0 saturated carbocycles. The van der Waals surface area contributed by atoms with Crippen molar-refractivity contribution in [3.63, 3.8) is 0 Å². The number of nitrogens with one attached hydrogen (secondary N) is 1. The molecule has 4 nitrogen and oxygen atoms in total. The Morgan fingerprint density at radius 1 is 1.00 bits per heavy atom. The van der Waals surface area contributed by atoms with Crippen LogP contribution in [-0.2, 0) is 0 Å². The van der Waals surface area contributed by atoms with E-state index in [1.54, 1.807) is 18.2 Å². The number of benzene rings is 1. The van der Waals surface area contributed by atoms with Crippen molar-refractivity contribution in [1.29, 1.82) is 0 Å². The van der Waals surface area contributed by atoms with E-state index in [-0.39, 0.29) is 12.4 Å². The molecule has 3 rings (SSSR count). The van der Waals surface area contributed by atoms with Crippen LogP contribution in [0.15, 0.2) is 30.3 Å². The van der Waals surface area contributed by atoms with Gasteiger partial charge in [0.25, 0.3) is 0 Å². The molecule has 21 heavy (non-hydrogen) atoms. The van der Waals surface area contributed by atoms with Crippen LogP contribution in [-0.4, -0.2) is 36.4 Å². The van der Waals surface area contributed by atoms with E-state index in [0.29, 0.717) is 10.0 Å². The maximum atomic E-state index is 6.17. The summed E-state index contributed by atoms with van der Waals surface area (Å²) in [6, 6.07) is 9.24. The average molecular weight is 346 g/mol. The normalized spacial score (nSPS) is 14.7. The number of hydrogen-bond acceptors (Lipinski definition) is 4. The van der Waals surface area contributed by atoms with E-state index in [1.807, 2.05) is 12.1 Å². The van der Waals surface area contributed by atoms with Crippen LogP contribution in [0.1, 0.15) is 0 Å². The molecule has 0 radical (unpaired) electrons. The van der Waals surface area contributed by atoms with Crippen molar-refractivity contribution in [2.75, 3.05) is 31.1 Å². The summed E-state index contributed by atoms with van der Waals surface area (Å²) in [4.78, 5) is 2.22. The van der Waals surface area contributed by atoms with Crippen molar-refractivity contribution in [2.45, 2.75) is 0 Å². The first-order valence-corrected chi connectivity index (χ1v) is 7.24. The number of anilines is 1. The molecule has 2 heterocycles. The summed E-state index contributed by atoms with van der Waals surface area (Å²) in [5.74, 6) is 0.897. The summed E-state index contributed by atoms with van der Waals surface area (Å²) in [7, 11) is 0. The number of halogens is 3. The minimum Gasteiger partial charge on any atom is -0.353 e. The summed E-state index contributed by atoms with van der Waals surface area (Å²) in [5.41, 5.74) is 1.54. The van der Waals surface area contributed by atoms with Gasteiger partial charge < -0.3 is 10.2 Å². The summed E-state index contributed by atoms with van der Waals surface area (Å²) >= 11 is 12.2. The molecule has 0 atom stereocenters. The van der Waals surface area contributed by atoms with Crippen LogP contribution in [0.25, 0.3) is 11.3 Å². The lowest BCUT2D eigenvalue weighted by Gasteiger charge is -2.27. The topological polar surface area (TPSA) is 41.0 Å². The van der Waals surface area contributed by atoms with Gasteiger partial charge in [0.05, 0.1) is 10.7 Å². The van der Waals surface area contributed by atoms with E-state index in [9.17, 15) is 0 Å². The van der Waals surface area contributed by atoms with Gasteiger partial charge in [-0.15, -0.1) is 22.6 Å². The first kappa shape index (κ1) is 16.3. The van der Waals surface area contributed by atoms with E-state index < -0.39 is 0 Å². The minimum absolute atomic E-state index is 0. The van der Waals surface area contributed by atoms with Gasteiger partial charge in [-0.1, -0.05) is 23.2 Å². The fraction of sp³-hybridized carbons (Fsp3) is 0.286. The Bertz CT molecular complexity index is 598. The zero-order valence-corrected chi connectivity index (χ0v) is 13.5. The number of piperazine rings is 1. The van der Waals surface area contributed by atoms with Gasteiger partial charge in [0.2, 0.25) is 0 Å². The molecule has 0 amide bonds. The van der Waals surface area contributed by atoms with Gasteiger partial charge in [-0.25, -0.2) is 0 Å². The highest BCUT2D eigenvalue weighted by Gasteiger charge is 2.13. The van der Waals surface area contributed by atoms with Crippen LogP contribution < -0.4 is 10.2 Å². The molecule has 0 aliphatic carbocycles. The Labute approximate surface area is 139 Å². The highest BCUT2D eigenvalue weighted by Crippen LogP contribution is 2.29. The van der Waals surface area contributed by atoms with Crippen LogP contribution in [0.2, 0.25) is 10.0 Å². The van der Waals surface area contributed by atoms with E-state index >= 15 is 0 Å². The second-order valence-electron chi connectivity index (χ2n) is 4.64. The molecule has 1 N–H and O–H groups in total. The maximum Gasteiger partial charge on any atom is 0.151 e. The highest BCUT2D eigenvalue weighted by atomic mass is 35.5. The summed E-state index contributed by atoms with van der Waals surface area (Å²) < 4.78 is 0. The quantitative estimate of drug-likeness (QED) is 0.907. The molecule has 1 fully saturated rings. The minimum atomic E-state index is 0. The fourth-order valence-electron chi connectivity index (χ4n) is 2.23. The van der Waals surface area contributed by atoms with Gasteiger partial charge in [-0.2, -0.15) is 0 Å². The number of hydrogen-bond donors (Lipinski definition) is 1. The molecule has 1 aromatic carbocycles. The monoisotopic (exact) mass is 344 g/mol. The molecular formula is C14H15Cl3N4. The highest BCUT2D eigenvalue weighted by molar-refractivity contribution is 6.35. The molecule has 1 aromatic heterocycles. The zero-order valence-electron chi connectivity index (χ0n) is 11.2. The van der Waals surface area contributed by atoms with Gasteiger partial charge in [0, 0.05) is 36.8 Å². The van der Waals surface area contributed by atoms with E-state index in [2.05, 4.69) is 20.4 Å². The fourth-order valence-corrected chi connectivity index (χ4v) is 2.61. The standard InChI is InChI=1S/C14H14Cl2N4.ClH/c15-10-1-2-12(16)11(9-10)13-3-4-14(19-18-13)20-7-5-17-6-8-20;/h1-4,9,17H,5-8H2;1H. The Morgan fingerprint density at radius 2 is 1.76 bits per heavy atom.